The Labute approximate surface area is 109 Å². The zero-order chi connectivity index (χ0) is 12.2. The number of esters is 1. The van der Waals surface area contributed by atoms with E-state index < -0.39 is 9.76 Å². The van der Waals surface area contributed by atoms with Crippen LogP contribution in [-0.2, 0) is 9.53 Å². The fraction of sp³-hybridized carbons (Fsp3) is 0.364. The number of halogens is 3. The maximum absolute atomic E-state index is 11.4. The number of carbonyl (C=O) groups is 1. The van der Waals surface area contributed by atoms with Crippen molar-refractivity contribution in [2.24, 2.45) is 0 Å². The molecule has 0 saturated carbocycles. The molecule has 0 bridgehead atoms. The van der Waals surface area contributed by atoms with Crippen LogP contribution in [0.2, 0.25) is 0 Å². The SMILES string of the molecule is CCC(OC(=O)C(Cl)(Cl)Cl)c1ccccc1. The van der Waals surface area contributed by atoms with Gasteiger partial charge in [-0.1, -0.05) is 72.1 Å². The van der Waals surface area contributed by atoms with E-state index in [4.69, 9.17) is 39.5 Å². The molecule has 1 aromatic carbocycles. The third kappa shape index (κ3) is 3.85. The van der Waals surface area contributed by atoms with Crippen LogP contribution in [0.5, 0.6) is 0 Å². The van der Waals surface area contributed by atoms with Crippen molar-refractivity contribution in [1.29, 1.82) is 0 Å². The van der Waals surface area contributed by atoms with Crippen molar-refractivity contribution < 1.29 is 9.53 Å². The molecule has 0 amide bonds. The lowest BCUT2D eigenvalue weighted by Gasteiger charge is -2.19. The van der Waals surface area contributed by atoms with Gasteiger partial charge in [-0.2, -0.15) is 0 Å². The van der Waals surface area contributed by atoms with Crippen LogP contribution in [-0.4, -0.2) is 9.76 Å². The van der Waals surface area contributed by atoms with Gasteiger partial charge in [0.1, 0.15) is 6.10 Å². The molecule has 0 spiro atoms. The fourth-order valence-electron chi connectivity index (χ4n) is 1.25. The van der Waals surface area contributed by atoms with Crippen LogP contribution in [0.3, 0.4) is 0 Å². The Hall–Kier alpha value is -0.440. The predicted octanol–water partition coefficient (Wildman–Crippen LogP) is 4.05. The van der Waals surface area contributed by atoms with Crippen molar-refractivity contribution >= 4 is 40.8 Å². The van der Waals surface area contributed by atoms with Gasteiger partial charge in [-0.15, -0.1) is 0 Å². The van der Waals surface area contributed by atoms with E-state index in [2.05, 4.69) is 0 Å². The number of rotatable bonds is 3. The zero-order valence-electron chi connectivity index (χ0n) is 8.62. The summed E-state index contributed by atoms with van der Waals surface area (Å²) in [5, 5.41) is 0. The second kappa shape index (κ2) is 5.76. The molecule has 1 aromatic rings. The highest BCUT2D eigenvalue weighted by Crippen LogP contribution is 2.31. The molecule has 16 heavy (non-hydrogen) atoms. The van der Waals surface area contributed by atoms with E-state index in [9.17, 15) is 4.79 Å². The molecule has 0 fully saturated rings. The smallest absolute Gasteiger partial charge is 0.359 e. The number of benzene rings is 1. The van der Waals surface area contributed by atoms with Gasteiger partial charge in [0, 0.05) is 0 Å². The lowest BCUT2D eigenvalue weighted by Crippen LogP contribution is -2.24. The Morgan fingerprint density at radius 2 is 1.88 bits per heavy atom. The minimum atomic E-state index is -2.03. The van der Waals surface area contributed by atoms with E-state index >= 15 is 0 Å². The van der Waals surface area contributed by atoms with Crippen LogP contribution >= 0.6 is 34.8 Å². The number of carbonyl (C=O) groups excluding carboxylic acids is 1. The first-order valence-electron chi connectivity index (χ1n) is 4.78. The average molecular weight is 282 g/mol. The minimum Gasteiger partial charge on any atom is -0.454 e. The van der Waals surface area contributed by atoms with E-state index in [1.54, 1.807) is 0 Å². The number of hydrogen-bond donors (Lipinski definition) is 0. The molecule has 0 aliphatic carbocycles. The van der Waals surface area contributed by atoms with Gasteiger partial charge in [0.25, 0.3) is 3.79 Å². The maximum atomic E-state index is 11.4. The first kappa shape index (κ1) is 13.6. The summed E-state index contributed by atoms with van der Waals surface area (Å²) < 4.78 is 3.09. The molecule has 1 rings (SSSR count). The van der Waals surface area contributed by atoms with E-state index in [0.717, 1.165) is 5.56 Å². The van der Waals surface area contributed by atoms with Crippen LogP contribution < -0.4 is 0 Å². The van der Waals surface area contributed by atoms with Crippen LogP contribution in [0.1, 0.15) is 25.0 Å². The largest absolute Gasteiger partial charge is 0.454 e. The van der Waals surface area contributed by atoms with Gasteiger partial charge < -0.3 is 4.74 Å². The van der Waals surface area contributed by atoms with Crippen molar-refractivity contribution in [3.05, 3.63) is 35.9 Å². The highest BCUT2D eigenvalue weighted by atomic mass is 35.6. The number of ether oxygens (including phenoxy) is 1. The highest BCUT2D eigenvalue weighted by Gasteiger charge is 2.34. The molecule has 1 unspecified atom stereocenters. The van der Waals surface area contributed by atoms with Crippen molar-refractivity contribution in [3.63, 3.8) is 0 Å². The molecule has 0 radical (unpaired) electrons. The molecule has 0 aromatic heterocycles. The van der Waals surface area contributed by atoms with Crippen LogP contribution in [0.25, 0.3) is 0 Å². The molecule has 0 saturated heterocycles. The number of hydrogen-bond acceptors (Lipinski definition) is 2. The quantitative estimate of drug-likeness (QED) is 0.617. The average Bonchev–Trinajstić information content (AvgIpc) is 2.25. The first-order chi connectivity index (χ1) is 7.45. The molecule has 0 N–H and O–H groups in total. The Morgan fingerprint density at radius 1 is 1.31 bits per heavy atom. The molecule has 0 aliphatic rings. The second-order valence-electron chi connectivity index (χ2n) is 3.21. The lowest BCUT2D eigenvalue weighted by atomic mass is 10.1. The van der Waals surface area contributed by atoms with Crippen molar-refractivity contribution in [3.8, 4) is 0 Å². The summed E-state index contributed by atoms with van der Waals surface area (Å²) in [5.74, 6) is -0.854. The van der Waals surface area contributed by atoms with E-state index in [1.165, 1.54) is 0 Å². The normalized spacial score (nSPS) is 13.2. The summed E-state index contributed by atoms with van der Waals surface area (Å²) in [6.45, 7) is 1.89. The van der Waals surface area contributed by atoms with Gasteiger partial charge in [0.2, 0.25) is 0 Å². The minimum absolute atomic E-state index is 0.385. The molecular formula is C11H11Cl3O2. The van der Waals surface area contributed by atoms with Crippen molar-refractivity contribution in [1.82, 2.24) is 0 Å². The predicted molar refractivity (Wildman–Crippen MR) is 65.9 cm³/mol. The monoisotopic (exact) mass is 280 g/mol. The van der Waals surface area contributed by atoms with E-state index in [0.29, 0.717) is 6.42 Å². The molecular weight excluding hydrogens is 270 g/mol. The maximum Gasteiger partial charge on any atom is 0.359 e. The molecule has 2 nitrogen and oxygen atoms in total. The summed E-state index contributed by atoms with van der Waals surface area (Å²) in [7, 11) is 0. The second-order valence-corrected chi connectivity index (χ2v) is 5.49. The lowest BCUT2D eigenvalue weighted by molar-refractivity contribution is -0.148. The van der Waals surface area contributed by atoms with Gasteiger partial charge in [-0.25, -0.2) is 4.79 Å². The van der Waals surface area contributed by atoms with Gasteiger partial charge >= 0.3 is 5.97 Å². The Kier molecular flexibility index (Phi) is 4.90. The summed E-state index contributed by atoms with van der Waals surface area (Å²) in [6.07, 6.45) is 0.237. The van der Waals surface area contributed by atoms with Crippen LogP contribution in [0, 0.1) is 0 Å². The summed E-state index contributed by atoms with van der Waals surface area (Å²) in [5.41, 5.74) is 0.882. The molecule has 5 heteroatoms. The standard InChI is InChI=1S/C11H11Cl3O2/c1-2-9(8-6-4-3-5-7-8)16-10(15)11(12,13)14/h3-7,9H,2H2,1H3. The Balaban J connectivity index is 2.75. The van der Waals surface area contributed by atoms with Gasteiger partial charge in [0.15, 0.2) is 0 Å². The highest BCUT2D eigenvalue weighted by molar-refractivity contribution is 6.75. The summed E-state index contributed by atoms with van der Waals surface area (Å²) >= 11 is 16.3. The fourth-order valence-corrected chi connectivity index (χ4v) is 1.38. The van der Waals surface area contributed by atoms with Crippen molar-refractivity contribution in [2.45, 2.75) is 23.2 Å². The van der Waals surface area contributed by atoms with Gasteiger partial charge in [-0.05, 0) is 12.0 Å². The third-order valence-electron chi connectivity index (χ3n) is 2.02. The third-order valence-corrected chi connectivity index (χ3v) is 2.49. The topological polar surface area (TPSA) is 26.3 Å². The van der Waals surface area contributed by atoms with E-state index in [1.807, 2.05) is 37.3 Å². The van der Waals surface area contributed by atoms with Gasteiger partial charge in [0.05, 0.1) is 0 Å². The Morgan fingerprint density at radius 3 is 2.31 bits per heavy atom. The van der Waals surface area contributed by atoms with Crippen LogP contribution in [0.4, 0.5) is 0 Å². The number of alkyl halides is 3. The Bertz CT molecular complexity index is 346. The summed E-state index contributed by atoms with van der Waals surface area (Å²) in [4.78, 5) is 11.4. The summed E-state index contributed by atoms with van der Waals surface area (Å²) in [6, 6.07) is 9.33. The van der Waals surface area contributed by atoms with Crippen molar-refractivity contribution in [2.75, 3.05) is 0 Å². The van der Waals surface area contributed by atoms with Gasteiger partial charge in [-0.3, -0.25) is 0 Å². The van der Waals surface area contributed by atoms with E-state index in [-0.39, 0.29) is 6.10 Å². The first-order valence-corrected chi connectivity index (χ1v) is 5.91. The van der Waals surface area contributed by atoms with Crippen LogP contribution in [0.15, 0.2) is 30.3 Å². The molecule has 88 valence electrons. The zero-order valence-corrected chi connectivity index (χ0v) is 10.9. The molecule has 1 atom stereocenters. The molecule has 0 heterocycles. The molecule has 0 aliphatic heterocycles.